The number of halogens is 7. The second kappa shape index (κ2) is 11.0. The lowest BCUT2D eigenvalue weighted by Gasteiger charge is -2.27. The molecular formula is C24H19ClF6N2O2. The predicted molar refractivity (Wildman–Crippen MR) is 119 cm³/mol. The van der Waals surface area contributed by atoms with E-state index in [4.69, 9.17) is 17.3 Å². The molecule has 0 spiro atoms. The largest absolute Gasteiger partial charge is 0.433 e. The van der Waals surface area contributed by atoms with Crippen molar-refractivity contribution >= 4 is 23.2 Å². The van der Waals surface area contributed by atoms with Crippen LogP contribution < -0.4 is 15.4 Å². The summed E-state index contributed by atoms with van der Waals surface area (Å²) in [6.07, 6.45) is -4.34. The van der Waals surface area contributed by atoms with Gasteiger partial charge >= 0.3 is 12.8 Å². The predicted octanol–water partition coefficient (Wildman–Crippen LogP) is 6.38. The summed E-state index contributed by atoms with van der Waals surface area (Å²) in [5, 5.41) is -0.189. The Balaban J connectivity index is 1.88. The van der Waals surface area contributed by atoms with Gasteiger partial charge in [0.2, 0.25) is 5.91 Å². The lowest BCUT2D eigenvalue weighted by molar-refractivity contribution is -0.137. The van der Waals surface area contributed by atoms with Crippen molar-refractivity contribution in [3.05, 3.63) is 94.3 Å². The summed E-state index contributed by atoms with van der Waals surface area (Å²) >= 11 is 6.04. The number of benzene rings is 3. The van der Waals surface area contributed by atoms with E-state index in [9.17, 15) is 31.1 Å². The van der Waals surface area contributed by atoms with Crippen LogP contribution in [0, 0.1) is 5.82 Å². The fourth-order valence-corrected chi connectivity index (χ4v) is 3.52. The van der Waals surface area contributed by atoms with E-state index in [-0.39, 0.29) is 29.4 Å². The first-order chi connectivity index (χ1) is 16.5. The minimum Gasteiger partial charge on any atom is -0.433 e. The molecule has 35 heavy (non-hydrogen) atoms. The van der Waals surface area contributed by atoms with Crippen LogP contribution in [0.4, 0.5) is 32.0 Å². The lowest BCUT2D eigenvalue weighted by atomic mass is 10.0. The van der Waals surface area contributed by atoms with Crippen molar-refractivity contribution in [2.24, 2.45) is 5.73 Å². The Labute approximate surface area is 201 Å². The molecule has 0 aliphatic rings. The molecule has 0 aromatic heterocycles. The number of nitrogens with two attached hydrogens (primary N) is 1. The van der Waals surface area contributed by atoms with Crippen LogP contribution in [0.5, 0.6) is 5.75 Å². The molecule has 0 fully saturated rings. The number of hydrogen-bond donors (Lipinski definition) is 1. The van der Waals surface area contributed by atoms with Gasteiger partial charge in [0, 0.05) is 12.2 Å². The second-order valence-corrected chi connectivity index (χ2v) is 7.86. The molecule has 2 N–H and O–H groups in total. The third-order valence-corrected chi connectivity index (χ3v) is 5.41. The number of anilines is 1. The van der Waals surface area contributed by atoms with E-state index in [1.54, 1.807) is 0 Å². The molecule has 1 atom stereocenters. The third kappa shape index (κ3) is 6.89. The summed E-state index contributed by atoms with van der Waals surface area (Å²) in [5.74, 6) is -1.44. The maximum Gasteiger partial charge on any atom is 0.416 e. The number of nitrogens with zero attached hydrogens (tertiary/aromatic N) is 1. The molecular weight excluding hydrogens is 498 g/mol. The average molecular weight is 517 g/mol. The maximum absolute atomic E-state index is 13.3. The molecule has 3 rings (SSSR count). The fourth-order valence-electron chi connectivity index (χ4n) is 3.30. The van der Waals surface area contributed by atoms with Crippen LogP contribution in [0.1, 0.15) is 22.7 Å². The standard InChI is InChI=1S/C24H19ClF6N2O2/c25-19-13-18(9-10-20(19)35-23(27)28)33(22(34)21(32)15-3-7-17(26)8-4-15)12-11-14-1-5-16(6-2-14)24(29,30)31/h1-10,13,21,23H,11-12,32H2/t21-/m0/s1. The van der Waals surface area contributed by atoms with E-state index in [0.29, 0.717) is 11.1 Å². The van der Waals surface area contributed by atoms with Crippen LogP contribution in [-0.4, -0.2) is 19.1 Å². The average Bonchev–Trinajstić information content (AvgIpc) is 2.80. The molecule has 3 aromatic rings. The summed E-state index contributed by atoms with van der Waals surface area (Å²) in [4.78, 5) is 14.5. The Morgan fingerprint density at radius 2 is 1.63 bits per heavy atom. The van der Waals surface area contributed by atoms with Crippen molar-refractivity contribution in [1.29, 1.82) is 0 Å². The van der Waals surface area contributed by atoms with Crippen LogP contribution in [0.25, 0.3) is 0 Å². The smallest absolute Gasteiger partial charge is 0.416 e. The fraction of sp³-hybridized carbons (Fsp3) is 0.208. The van der Waals surface area contributed by atoms with Gasteiger partial charge in [-0.05, 0) is 60.0 Å². The van der Waals surface area contributed by atoms with Gasteiger partial charge in [0.25, 0.3) is 0 Å². The summed E-state index contributed by atoms with van der Waals surface area (Å²) in [5.41, 5.74) is 6.32. The summed E-state index contributed by atoms with van der Waals surface area (Å²) in [6.45, 7) is -3.13. The zero-order chi connectivity index (χ0) is 25.8. The normalized spacial score (nSPS) is 12.5. The van der Waals surface area contributed by atoms with E-state index in [0.717, 1.165) is 30.3 Å². The van der Waals surface area contributed by atoms with Gasteiger partial charge in [0.15, 0.2) is 0 Å². The zero-order valence-electron chi connectivity index (χ0n) is 17.9. The number of hydrogen-bond acceptors (Lipinski definition) is 3. The number of carbonyl (C=O) groups excluding carboxylic acids is 1. The minimum atomic E-state index is -4.48. The molecule has 0 radical (unpaired) electrons. The highest BCUT2D eigenvalue weighted by Gasteiger charge is 2.30. The third-order valence-electron chi connectivity index (χ3n) is 5.11. The van der Waals surface area contributed by atoms with Crippen molar-refractivity contribution in [2.45, 2.75) is 25.3 Å². The van der Waals surface area contributed by atoms with Gasteiger partial charge in [-0.2, -0.15) is 22.0 Å². The molecule has 0 saturated heterocycles. The SMILES string of the molecule is N[C@H](C(=O)N(CCc1ccc(C(F)(F)F)cc1)c1ccc(OC(F)F)c(Cl)c1)c1ccc(F)cc1. The van der Waals surface area contributed by atoms with Gasteiger partial charge in [0.05, 0.1) is 10.6 Å². The van der Waals surface area contributed by atoms with Gasteiger partial charge in [-0.1, -0.05) is 35.9 Å². The van der Waals surface area contributed by atoms with Gasteiger partial charge < -0.3 is 15.4 Å². The van der Waals surface area contributed by atoms with Crippen molar-refractivity contribution < 1.29 is 35.9 Å². The first-order valence-electron chi connectivity index (χ1n) is 10.2. The van der Waals surface area contributed by atoms with Crippen molar-refractivity contribution in [3.8, 4) is 5.75 Å². The van der Waals surface area contributed by atoms with Crippen molar-refractivity contribution in [1.82, 2.24) is 0 Å². The minimum absolute atomic E-state index is 0.0233. The van der Waals surface area contributed by atoms with E-state index >= 15 is 0 Å². The maximum atomic E-state index is 13.3. The Kier molecular flexibility index (Phi) is 8.29. The van der Waals surface area contributed by atoms with Crippen molar-refractivity contribution in [2.75, 3.05) is 11.4 Å². The Morgan fingerprint density at radius 1 is 1.00 bits per heavy atom. The molecule has 4 nitrogen and oxygen atoms in total. The number of carbonyl (C=O) groups is 1. The topological polar surface area (TPSA) is 55.6 Å². The van der Waals surface area contributed by atoms with E-state index in [1.165, 1.54) is 41.3 Å². The number of ether oxygens (including phenoxy) is 1. The van der Waals surface area contributed by atoms with Crippen LogP contribution in [0.15, 0.2) is 66.7 Å². The molecule has 0 bridgehead atoms. The molecule has 0 aliphatic carbocycles. The molecule has 0 saturated carbocycles. The highest BCUT2D eigenvalue weighted by molar-refractivity contribution is 6.32. The molecule has 0 heterocycles. The molecule has 0 aliphatic heterocycles. The van der Waals surface area contributed by atoms with Crippen molar-refractivity contribution in [3.63, 3.8) is 0 Å². The number of amides is 1. The van der Waals surface area contributed by atoms with Gasteiger partial charge in [-0.3, -0.25) is 4.79 Å². The Morgan fingerprint density at radius 3 is 2.17 bits per heavy atom. The Bertz CT molecular complexity index is 1150. The molecule has 11 heteroatoms. The van der Waals surface area contributed by atoms with Crippen LogP contribution in [-0.2, 0) is 17.4 Å². The van der Waals surface area contributed by atoms with Crippen LogP contribution in [0.3, 0.4) is 0 Å². The molecule has 186 valence electrons. The van der Waals surface area contributed by atoms with Crippen LogP contribution in [0.2, 0.25) is 5.02 Å². The Hall–Kier alpha value is -3.24. The number of rotatable bonds is 8. The van der Waals surface area contributed by atoms with Crippen LogP contribution >= 0.6 is 11.6 Å². The zero-order valence-corrected chi connectivity index (χ0v) is 18.7. The van der Waals surface area contributed by atoms with Gasteiger partial charge in [0.1, 0.15) is 17.6 Å². The van der Waals surface area contributed by atoms with Gasteiger partial charge in [-0.15, -0.1) is 0 Å². The van der Waals surface area contributed by atoms with Gasteiger partial charge in [-0.25, -0.2) is 4.39 Å². The summed E-state index contributed by atoms with van der Waals surface area (Å²) in [6, 6.07) is 11.9. The molecule has 1 amide bonds. The quantitative estimate of drug-likeness (QED) is 0.354. The monoisotopic (exact) mass is 516 g/mol. The summed E-state index contributed by atoms with van der Waals surface area (Å²) < 4.78 is 81.2. The molecule has 3 aromatic carbocycles. The lowest BCUT2D eigenvalue weighted by Crippen LogP contribution is -2.40. The second-order valence-electron chi connectivity index (χ2n) is 7.46. The highest BCUT2D eigenvalue weighted by Crippen LogP contribution is 2.32. The highest BCUT2D eigenvalue weighted by atomic mass is 35.5. The first-order valence-corrected chi connectivity index (χ1v) is 10.6. The van der Waals surface area contributed by atoms with E-state index in [2.05, 4.69) is 4.74 Å². The molecule has 0 unspecified atom stereocenters. The summed E-state index contributed by atoms with van der Waals surface area (Å²) in [7, 11) is 0. The van der Waals surface area contributed by atoms with E-state index in [1.807, 2.05) is 0 Å². The first kappa shape index (κ1) is 26.4. The number of alkyl halides is 5. The van der Waals surface area contributed by atoms with E-state index < -0.39 is 36.1 Å².